The van der Waals surface area contributed by atoms with E-state index in [0.29, 0.717) is 35.3 Å². The Morgan fingerprint density at radius 2 is 2.04 bits per heavy atom. The molecule has 1 N–H and O–H groups in total. The first-order chi connectivity index (χ1) is 13.6. The van der Waals surface area contributed by atoms with Gasteiger partial charge in [0.25, 0.3) is 5.91 Å². The van der Waals surface area contributed by atoms with Crippen LogP contribution in [0.4, 0.5) is 5.82 Å². The van der Waals surface area contributed by atoms with Crippen molar-refractivity contribution in [3.8, 4) is 5.69 Å². The van der Waals surface area contributed by atoms with Crippen LogP contribution in [0.5, 0.6) is 0 Å². The number of hydrogen-bond acceptors (Lipinski definition) is 6. The minimum absolute atomic E-state index is 0.0269. The van der Waals surface area contributed by atoms with Gasteiger partial charge in [0.2, 0.25) is 0 Å². The number of hydrogen-bond donors (Lipinski definition) is 1. The number of aromatic nitrogens is 5. The number of benzene rings is 1. The minimum atomic E-state index is -0.0269. The zero-order valence-electron chi connectivity index (χ0n) is 15.4. The molecule has 1 aromatic carbocycles. The first-order valence-electron chi connectivity index (χ1n) is 9.11. The SMILES string of the molecule is Cc1ccc(C(=O)N2CCC[C@@H](Nc3cnc(Cl)cn3)C2)c(-n2nccn2)c1. The number of halogens is 1. The number of piperidine rings is 1. The van der Waals surface area contributed by atoms with Crippen molar-refractivity contribution in [3.05, 3.63) is 59.3 Å². The fraction of sp³-hybridized carbons (Fsp3) is 0.316. The highest BCUT2D eigenvalue weighted by Gasteiger charge is 2.26. The van der Waals surface area contributed by atoms with Gasteiger partial charge in [-0.05, 0) is 37.5 Å². The van der Waals surface area contributed by atoms with Crippen LogP contribution in [-0.2, 0) is 0 Å². The Hall–Kier alpha value is -3.00. The highest BCUT2D eigenvalue weighted by Crippen LogP contribution is 2.21. The standard InChI is InChI=1S/C19H20ClN7O/c1-13-4-5-15(16(9-13)27-23-6-7-24-27)19(28)26-8-2-3-14(12-26)25-18-11-21-17(20)10-22-18/h4-7,9-11,14H,2-3,8,12H2,1H3,(H,22,25)/t14-/m1/s1. The fourth-order valence-electron chi connectivity index (χ4n) is 3.37. The van der Waals surface area contributed by atoms with Crippen LogP contribution >= 0.6 is 11.6 Å². The molecule has 0 bridgehead atoms. The lowest BCUT2D eigenvalue weighted by atomic mass is 10.0. The van der Waals surface area contributed by atoms with E-state index in [9.17, 15) is 4.79 Å². The van der Waals surface area contributed by atoms with E-state index in [1.54, 1.807) is 18.6 Å². The van der Waals surface area contributed by atoms with Crippen molar-refractivity contribution >= 4 is 23.3 Å². The van der Waals surface area contributed by atoms with Crippen LogP contribution in [0.2, 0.25) is 5.15 Å². The summed E-state index contributed by atoms with van der Waals surface area (Å²) in [7, 11) is 0. The fourth-order valence-corrected chi connectivity index (χ4v) is 3.47. The van der Waals surface area contributed by atoms with E-state index in [1.165, 1.54) is 11.0 Å². The molecule has 0 aliphatic carbocycles. The molecule has 1 aliphatic rings. The molecule has 3 aromatic rings. The van der Waals surface area contributed by atoms with Crippen molar-refractivity contribution in [3.63, 3.8) is 0 Å². The van der Waals surface area contributed by atoms with Gasteiger partial charge in [0.1, 0.15) is 11.0 Å². The van der Waals surface area contributed by atoms with Crippen molar-refractivity contribution in [1.82, 2.24) is 29.9 Å². The van der Waals surface area contributed by atoms with E-state index in [1.807, 2.05) is 30.0 Å². The number of nitrogens with one attached hydrogen (secondary N) is 1. The highest BCUT2D eigenvalue weighted by molar-refractivity contribution is 6.29. The number of rotatable bonds is 4. The average molecular weight is 398 g/mol. The minimum Gasteiger partial charge on any atom is -0.364 e. The Morgan fingerprint density at radius 1 is 1.21 bits per heavy atom. The Morgan fingerprint density at radius 3 is 2.79 bits per heavy atom. The Balaban J connectivity index is 1.53. The second-order valence-electron chi connectivity index (χ2n) is 6.80. The van der Waals surface area contributed by atoms with Gasteiger partial charge >= 0.3 is 0 Å². The molecule has 0 saturated carbocycles. The van der Waals surface area contributed by atoms with Gasteiger partial charge in [-0.2, -0.15) is 15.0 Å². The van der Waals surface area contributed by atoms with Gasteiger partial charge in [-0.15, -0.1) is 0 Å². The molecule has 1 amide bonds. The normalized spacial score (nSPS) is 16.8. The molecule has 1 fully saturated rings. The molecule has 144 valence electrons. The maximum absolute atomic E-state index is 13.3. The van der Waals surface area contributed by atoms with Gasteiger partial charge in [-0.25, -0.2) is 9.97 Å². The summed E-state index contributed by atoms with van der Waals surface area (Å²) in [5.74, 6) is 0.626. The maximum Gasteiger partial charge on any atom is 0.256 e. The van der Waals surface area contributed by atoms with Gasteiger partial charge in [0.05, 0.1) is 36.0 Å². The van der Waals surface area contributed by atoms with E-state index >= 15 is 0 Å². The largest absolute Gasteiger partial charge is 0.364 e. The van der Waals surface area contributed by atoms with Gasteiger partial charge in [0, 0.05) is 19.1 Å². The molecule has 3 heterocycles. The summed E-state index contributed by atoms with van der Waals surface area (Å²) < 4.78 is 0. The second-order valence-corrected chi connectivity index (χ2v) is 7.19. The van der Waals surface area contributed by atoms with Crippen LogP contribution < -0.4 is 5.32 Å². The predicted octanol–water partition coefficient (Wildman–Crippen LogP) is 2.74. The van der Waals surface area contributed by atoms with Crippen LogP contribution in [0, 0.1) is 6.92 Å². The van der Waals surface area contributed by atoms with Crippen molar-refractivity contribution in [1.29, 1.82) is 0 Å². The van der Waals surface area contributed by atoms with Crippen LogP contribution in [0.1, 0.15) is 28.8 Å². The van der Waals surface area contributed by atoms with Crippen molar-refractivity contribution in [2.45, 2.75) is 25.8 Å². The zero-order chi connectivity index (χ0) is 19.5. The summed E-state index contributed by atoms with van der Waals surface area (Å²) in [4.78, 5) is 24.9. The van der Waals surface area contributed by atoms with E-state index in [0.717, 1.165) is 18.4 Å². The molecule has 9 heteroatoms. The van der Waals surface area contributed by atoms with Crippen LogP contribution in [0.25, 0.3) is 5.69 Å². The lowest BCUT2D eigenvalue weighted by Gasteiger charge is -2.33. The molecule has 0 spiro atoms. The Kier molecular flexibility index (Phi) is 5.21. The van der Waals surface area contributed by atoms with E-state index in [2.05, 4.69) is 25.5 Å². The molecule has 0 unspecified atom stereocenters. The molecule has 28 heavy (non-hydrogen) atoms. The second kappa shape index (κ2) is 7.93. The van der Waals surface area contributed by atoms with Crippen molar-refractivity contribution < 1.29 is 4.79 Å². The van der Waals surface area contributed by atoms with Crippen LogP contribution in [-0.4, -0.2) is 54.9 Å². The van der Waals surface area contributed by atoms with Crippen molar-refractivity contribution in [2.24, 2.45) is 0 Å². The van der Waals surface area contributed by atoms with Crippen molar-refractivity contribution in [2.75, 3.05) is 18.4 Å². The molecule has 4 rings (SSSR count). The Labute approximate surface area is 167 Å². The van der Waals surface area contributed by atoms with Gasteiger partial charge in [-0.1, -0.05) is 17.7 Å². The molecule has 1 saturated heterocycles. The monoisotopic (exact) mass is 397 g/mol. The Bertz CT molecular complexity index is 959. The summed E-state index contributed by atoms with van der Waals surface area (Å²) in [6.45, 7) is 3.28. The maximum atomic E-state index is 13.3. The highest BCUT2D eigenvalue weighted by atomic mass is 35.5. The third-order valence-electron chi connectivity index (χ3n) is 4.70. The quantitative estimate of drug-likeness (QED) is 0.728. The molecule has 0 radical (unpaired) electrons. The third-order valence-corrected chi connectivity index (χ3v) is 4.89. The number of anilines is 1. The summed E-state index contributed by atoms with van der Waals surface area (Å²) in [5.41, 5.74) is 2.32. The smallest absolute Gasteiger partial charge is 0.256 e. The molecule has 8 nitrogen and oxygen atoms in total. The number of aryl methyl sites for hydroxylation is 1. The summed E-state index contributed by atoms with van der Waals surface area (Å²) in [5, 5.41) is 12.1. The number of likely N-dealkylation sites (tertiary alicyclic amines) is 1. The van der Waals surface area contributed by atoms with Gasteiger partial charge in [-0.3, -0.25) is 4.79 Å². The lowest BCUT2D eigenvalue weighted by molar-refractivity contribution is 0.0714. The first kappa shape index (κ1) is 18.4. The number of amides is 1. The van der Waals surface area contributed by atoms with Gasteiger partial charge < -0.3 is 10.2 Å². The molecular weight excluding hydrogens is 378 g/mol. The summed E-state index contributed by atoms with van der Waals surface area (Å²) in [6.07, 6.45) is 8.17. The lowest BCUT2D eigenvalue weighted by Crippen LogP contribution is -2.45. The number of carbonyl (C=O) groups is 1. The number of carbonyl (C=O) groups excluding carboxylic acids is 1. The first-order valence-corrected chi connectivity index (χ1v) is 9.48. The van der Waals surface area contributed by atoms with E-state index in [-0.39, 0.29) is 11.9 Å². The van der Waals surface area contributed by atoms with E-state index < -0.39 is 0 Å². The topological polar surface area (TPSA) is 88.8 Å². The van der Waals surface area contributed by atoms with E-state index in [4.69, 9.17) is 11.6 Å². The summed E-state index contributed by atoms with van der Waals surface area (Å²) in [6, 6.07) is 5.81. The van der Waals surface area contributed by atoms with Crippen LogP contribution in [0.15, 0.2) is 43.0 Å². The number of nitrogens with zero attached hydrogens (tertiary/aromatic N) is 6. The summed E-state index contributed by atoms with van der Waals surface area (Å²) >= 11 is 5.79. The zero-order valence-corrected chi connectivity index (χ0v) is 16.2. The molecule has 1 atom stereocenters. The predicted molar refractivity (Wildman–Crippen MR) is 106 cm³/mol. The molecule has 1 aliphatic heterocycles. The molecular formula is C19H20ClN7O. The van der Waals surface area contributed by atoms with Gasteiger partial charge in [0.15, 0.2) is 0 Å². The third kappa shape index (κ3) is 3.96. The average Bonchev–Trinajstić information content (AvgIpc) is 3.24. The van der Waals surface area contributed by atoms with Crippen LogP contribution in [0.3, 0.4) is 0 Å². The molecule has 2 aromatic heterocycles.